The molecule has 1 aromatic rings. The fourth-order valence-electron chi connectivity index (χ4n) is 1.12. The van der Waals surface area contributed by atoms with E-state index in [-0.39, 0.29) is 0 Å². The van der Waals surface area contributed by atoms with E-state index in [1.165, 1.54) is 0 Å². The van der Waals surface area contributed by atoms with Crippen molar-refractivity contribution in [3.63, 3.8) is 0 Å². The first kappa shape index (κ1) is 10.5. The molecule has 1 aromatic carbocycles. The van der Waals surface area contributed by atoms with Gasteiger partial charge < -0.3 is 10.5 Å². The maximum Gasteiger partial charge on any atom is 0.335 e. The van der Waals surface area contributed by atoms with Gasteiger partial charge in [0, 0.05) is 18.2 Å². The number of carbonyl (C=O) groups is 1. The summed E-state index contributed by atoms with van der Waals surface area (Å²) in [6.07, 6.45) is 1.13. The lowest BCUT2D eigenvalue weighted by molar-refractivity contribution is -0.129. The quantitative estimate of drug-likeness (QED) is 0.448. The molecule has 0 aromatic heterocycles. The molecule has 0 bridgehead atoms. The zero-order valence-corrected chi connectivity index (χ0v) is 8.12. The number of hydrogen-bond donors (Lipinski definition) is 1. The van der Waals surface area contributed by atoms with Crippen molar-refractivity contribution in [2.24, 2.45) is 5.73 Å². The molecule has 0 unspecified atom stereocenters. The van der Waals surface area contributed by atoms with E-state index in [1.807, 2.05) is 19.1 Å². The second-order valence-electron chi connectivity index (χ2n) is 2.94. The van der Waals surface area contributed by atoms with Crippen molar-refractivity contribution in [2.45, 2.75) is 13.5 Å². The first-order valence-corrected chi connectivity index (χ1v) is 4.31. The monoisotopic (exact) mass is 191 g/mol. The zero-order chi connectivity index (χ0) is 10.6. The number of nitrogens with two attached hydrogens (primary N) is 1. The van der Waals surface area contributed by atoms with E-state index in [9.17, 15) is 4.79 Å². The van der Waals surface area contributed by atoms with E-state index >= 15 is 0 Å². The van der Waals surface area contributed by atoms with Crippen LogP contribution in [0, 0.1) is 6.92 Å². The average molecular weight is 191 g/mol. The molecule has 0 aliphatic carbocycles. The van der Waals surface area contributed by atoms with Crippen LogP contribution in [-0.4, -0.2) is 5.97 Å². The minimum Gasteiger partial charge on any atom is -0.423 e. The summed E-state index contributed by atoms with van der Waals surface area (Å²) in [4.78, 5) is 11.0. The average Bonchev–Trinajstić information content (AvgIpc) is 2.20. The Morgan fingerprint density at radius 2 is 2.36 bits per heavy atom. The van der Waals surface area contributed by atoms with Crippen molar-refractivity contribution >= 4 is 5.97 Å². The van der Waals surface area contributed by atoms with Crippen LogP contribution in [0.2, 0.25) is 0 Å². The minimum atomic E-state index is -0.469. The molecule has 0 fully saturated rings. The van der Waals surface area contributed by atoms with Crippen molar-refractivity contribution in [3.8, 4) is 5.75 Å². The number of rotatable bonds is 3. The third kappa shape index (κ3) is 2.44. The Hall–Kier alpha value is -1.61. The molecule has 74 valence electrons. The van der Waals surface area contributed by atoms with Gasteiger partial charge in [-0.3, -0.25) is 0 Å². The summed E-state index contributed by atoms with van der Waals surface area (Å²) in [6.45, 7) is 5.63. The first-order valence-electron chi connectivity index (χ1n) is 4.31. The SMILES string of the molecule is C=CC(=O)Oc1ccc(C)cc1CN. The summed E-state index contributed by atoms with van der Waals surface area (Å²) >= 11 is 0. The van der Waals surface area contributed by atoms with Crippen molar-refractivity contribution in [3.05, 3.63) is 42.0 Å². The van der Waals surface area contributed by atoms with Crippen LogP contribution in [0.1, 0.15) is 11.1 Å². The van der Waals surface area contributed by atoms with Gasteiger partial charge in [-0.05, 0) is 13.0 Å². The highest BCUT2D eigenvalue weighted by Gasteiger charge is 2.05. The molecule has 0 amide bonds. The number of carbonyl (C=O) groups excluding carboxylic acids is 1. The maximum absolute atomic E-state index is 11.0. The number of ether oxygens (including phenoxy) is 1. The molecule has 14 heavy (non-hydrogen) atoms. The number of esters is 1. The van der Waals surface area contributed by atoms with Crippen molar-refractivity contribution in [1.29, 1.82) is 0 Å². The van der Waals surface area contributed by atoms with Crippen LogP contribution in [0.5, 0.6) is 5.75 Å². The van der Waals surface area contributed by atoms with Crippen LogP contribution >= 0.6 is 0 Å². The number of benzene rings is 1. The fraction of sp³-hybridized carbons (Fsp3) is 0.182. The summed E-state index contributed by atoms with van der Waals surface area (Å²) < 4.78 is 5.00. The van der Waals surface area contributed by atoms with Gasteiger partial charge in [-0.1, -0.05) is 24.3 Å². The Morgan fingerprint density at radius 1 is 1.64 bits per heavy atom. The number of aryl methyl sites for hydroxylation is 1. The van der Waals surface area contributed by atoms with Crippen LogP contribution in [0.25, 0.3) is 0 Å². The van der Waals surface area contributed by atoms with E-state index in [1.54, 1.807) is 6.07 Å². The van der Waals surface area contributed by atoms with Gasteiger partial charge in [0.2, 0.25) is 0 Å². The largest absolute Gasteiger partial charge is 0.423 e. The molecule has 0 aliphatic rings. The molecular weight excluding hydrogens is 178 g/mol. The third-order valence-corrected chi connectivity index (χ3v) is 1.81. The van der Waals surface area contributed by atoms with Gasteiger partial charge in [0.15, 0.2) is 0 Å². The van der Waals surface area contributed by atoms with Crippen molar-refractivity contribution in [2.75, 3.05) is 0 Å². The topological polar surface area (TPSA) is 52.3 Å². The van der Waals surface area contributed by atoms with Crippen LogP contribution in [0.15, 0.2) is 30.9 Å². The Kier molecular flexibility index (Phi) is 3.42. The first-order chi connectivity index (χ1) is 6.67. The van der Waals surface area contributed by atoms with Crippen LogP contribution in [0.3, 0.4) is 0 Å². The van der Waals surface area contributed by atoms with Gasteiger partial charge in [-0.25, -0.2) is 4.79 Å². The Bertz CT molecular complexity index is 358. The minimum absolute atomic E-state index is 0.349. The van der Waals surface area contributed by atoms with Crippen LogP contribution in [-0.2, 0) is 11.3 Å². The molecule has 0 radical (unpaired) electrons. The summed E-state index contributed by atoms with van der Waals surface area (Å²) in [7, 11) is 0. The third-order valence-electron chi connectivity index (χ3n) is 1.81. The van der Waals surface area contributed by atoms with Gasteiger partial charge in [0.25, 0.3) is 0 Å². The molecule has 0 spiro atoms. The summed E-state index contributed by atoms with van der Waals surface area (Å²) in [5, 5.41) is 0. The standard InChI is InChI=1S/C11H13NO2/c1-3-11(13)14-10-5-4-8(2)6-9(10)7-12/h3-6H,1,7,12H2,2H3. The number of hydrogen-bond acceptors (Lipinski definition) is 3. The Morgan fingerprint density at radius 3 is 2.93 bits per heavy atom. The normalized spacial score (nSPS) is 9.57. The maximum atomic E-state index is 11.0. The second kappa shape index (κ2) is 4.58. The highest BCUT2D eigenvalue weighted by molar-refractivity contribution is 5.83. The molecule has 3 nitrogen and oxygen atoms in total. The lowest BCUT2D eigenvalue weighted by atomic mass is 10.1. The van der Waals surface area contributed by atoms with Gasteiger partial charge in [-0.15, -0.1) is 0 Å². The molecule has 0 atom stereocenters. The van der Waals surface area contributed by atoms with Gasteiger partial charge in [-0.2, -0.15) is 0 Å². The molecule has 0 saturated carbocycles. The predicted molar refractivity (Wildman–Crippen MR) is 54.9 cm³/mol. The van der Waals surface area contributed by atoms with Gasteiger partial charge in [0.05, 0.1) is 0 Å². The van der Waals surface area contributed by atoms with E-state index < -0.39 is 5.97 Å². The highest BCUT2D eigenvalue weighted by atomic mass is 16.5. The zero-order valence-electron chi connectivity index (χ0n) is 8.12. The Labute approximate surface area is 83.2 Å². The summed E-state index contributed by atoms with van der Waals surface area (Å²) in [5.74, 6) is 0.0338. The fourth-order valence-corrected chi connectivity index (χ4v) is 1.12. The van der Waals surface area contributed by atoms with Gasteiger partial charge in [0.1, 0.15) is 5.75 Å². The van der Waals surface area contributed by atoms with Crippen molar-refractivity contribution in [1.82, 2.24) is 0 Å². The molecule has 1 rings (SSSR count). The molecule has 2 N–H and O–H groups in total. The van der Waals surface area contributed by atoms with Gasteiger partial charge >= 0.3 is 5.97 Å². The molecule has 3 heteroatoms. The smallest absolute Gasteiger partial charge is 0.335 e. The van der Waals surface area contributed by atoms with Crippen molar-refractivity contribution < 1.29 is 9.53 Å². The molecular formula is C11H13NO2. The van der Waals surface area contributed by atoms with E-state index in [2.05, 4.69) is 6.58 Å². The van der Waals surface area contributed by atoms with E-state index in [0.29, 0.717) is 12.3 Å². The highest BCUT2D eigenvalue weighted by Crippen LogP contribution is 2.19. The van der Waals surface area contributed by atoms with Crippen LogP contribution in [0.4, 0.5) is 0 Å². The second-order valence-corrected chi connectivity index (χ2v) is 2.94. The van der Waals surface area contributed by atoms with E-state index in [0.717, 1.165) is 17.2 Å². The Balaban J connectivity index is 2.96. The molecule has 0 aliphatic heterocycles. The summed E-state index contributed by atoms with van der Waals surface area (Å²) in [6, 6.07) is 5.50. The predicted octanol–water partition coefficient (Wildman–Crippen LogP) is 1.55. The van der Waals surface area contributed by atoms with Crippen LogP contribution < -0.4 is 10.5 Å². The molecule has 0 heterocycles. The molecule has 0 saturated heterocycles. The van der Waals surface area contributed by atoms with E-state index in [4.69, 9.17) is 10.5 Å². The summed E-state index contributed by atoms with van der Waals surface area (Å²) in [5.41, 5.74) is 7.43. The lowest BCUT2D eigenvalue weighted by Gasteiger charge is -2.07. The lowest BCUT2D eigenvalue weighted by Crippen LogP contribution is -2.07.